The van der Waals surface area contributed by atoms with Gasteiger partial charge in [-0.25, -0.2) is 8.42 Å². The lowest BCUT2D eigenvalue weighted by Gasteiger charge is -2.34. The molecule has 0 bridgehead atoms. The van der Waals surface area contributed by atoms with Gasteiger partial charge in [0.05, 0.1) is 17.2 Å². The quantitative estimate of drug-likeness (QED) is 0.445. The van der Waals surface area contributed by atoms with E-state index in [0.717, 1.165) is 35.4 Å². The van der Waals surface area contributed by atoms with Crippen molar-refractivity contribution in [2.24, 2.45) is 0 Å². The molecular formula is C27H24F3N3O4S. The molecule has 0 unspecified atom stereocenters. The summed E-state index contributed by atoms with van der Waals surface area (Å²) in [7, 11) is -4.11. The van der Waals surface area contributed by atoms with Gasteiger partial charge < -0.3 is 9.64 Å². The molecule has 4 rings (SSSR count). The molecule has 3 aromatic rings. The number of halogens is 3. The van der Waals surface area contributed by atoms with Crippen LogP contribution in [0.15, 0.2) is 65.6 Å². The van der Waals surface area contributed by atoms with Crippen molar-refractivity contribution < 1.29 is 31.1 Å². The summed E-state index contributed by atoms with van der Waals surface area (Å²) in [5, 5.41) is 9.35. The van der Waals surface area contributed by atoms with Gasteiger partial charge in [-0.05, 0) is 79.6 Å². The maximum atomic E-state index is 13.6. The number of alkyl halides is 3. The van der Waals surface area contributed by atoms with Crippen LogP contribution in [-0.4, -0.2) is 49.7 Å². The summed E-state index contributed by atoms with van der Waals surface area (Å²) < 4.78 is 72.8. The van der Waals surface area contributed by atoms with Crippen LogP contribution in [0.5, 0.6) is 11.5 Å². The molecule has 0 radical (unpaired) electrons. The van der Waals surface area contributed by atoms with Crippen LogP contribution < -0.4 is 4.74 Å². The van der Waals surface area contributed by atoms with E-state index in [0.29, 0.717) is 5.75 Å². The fourth-order valence-electron chi connectivity index (χ4n) is 4.24. The molecule has 0 atom stereocenters. The molecule has 1 aliphatic heterocycles. The van der Waals surface area contributed by atoms with E-state index < -0.39 is 27.7 Å². The predicted molar refractivity (Wildman–Crippen MR) is 133 cm³/mol. The first-order valence-corrected chi connectivity index (χ1v) is 13.1. The number of nitriles is 1. The summed E-state index contributed by atoms with van der Waals surface area (Å²) in [6, 6.07) is 15.5. The molecule has 11 heteroatoms. The molecule has 0 aromatic heterocycles. The van der Waals surface area contributed by atoms with E-state index in [1.54, 1.807) is 12.1 Å². The van der Waals surface area contributed by atoms with Crippen LogP contribution in [0, 0.1) is 25.2 Å². The SMILES string of the molecule is Cc1cc(C)cc(Oc2ccc(C#N)cc2S(=O)(=O)N2CCN(C(=O)c3ccc(C(F)(F)F)cc3)CC2)c1. The van der Waals surface area contributed by atoms with Crippen molar-refractivity contribution in [3.63, 3.8) is 0 Å². The number of carbonyl (C=O) groups excluding carboxylic acids is 1. The summed E-state index contributed by atoms with van der Waals surface area (Å²) in [4.78, 5) is 14.0. The Bertz CT molecular complexity index is 1490. The normalized spacial score (nSPS) is 14.7. The Kier molecular flexibility index (Phi) is 7.49. The van der Waals surface area contributed by atoms with Gasteiger partial charge in [0.25, 0.3) is 5.91 Å². The maximum absolute atomic E-state index is 13.6. The van der Waals surface area contributed by atoms with E-state index in [4.69, 9.17) is 4.74 Å². The molecule has 1 aliphatic rings. The average Bonchev–Trinajstić information content (AvgIpc) is 2.87. The van der Waals surface area contributed by atoms with Gasteiger partial charge in [0.1, 0.15) is 16.4 Å². The first kappa shape index (κ1) is 27.2. The number of carbonyl (C=O) groups is 1. The first-order chi connectivity index (χ1) is 17.9. The highest BCUT2D eigenvalue weighted by Gasteiger charge is 2.34. The third-order valence-electron chi connectivity index (χ3n) is 6.10. The lowest BCUT2D eigenvalue weighted by molar-refractivity contribution is -0.137. The molecular weight excluding hydrogens is 519 g/mol. The van der Waals surface area contributed by atoms with Crippen LogP contribution in [0.3, 0.4) is 0 Å². The zero-order valence-corrected chi connectivity index (χ0v) is 21.4. The Morgan fingerprint density at radius 1 is 0.921 bits per heavy atom. The van der Waals surface area contributed by atoms with Crippen LogP contribution in [0.2, 0.25) is 0 Å². The van der Waals surface area contributed by atoms with Gasteiger partial charge in [-0.2, -0.15) is 22.7 Å². The van der Waals surface area contributed by atoms with Crippen LogP contribution in [0.1, 0.15) is 32.6 Å². The summed E-state index contributed by atoms with van der Waals surface area (Å²) in [5.74, 6) is 0.0361. The minimum Gasteiger partial charge on any atom is -0.456 e. The lowest BCUT2D eigenvalue weighted by Crippen LogP contribution is -2.50. The number of rotatable bonds is 5. The van der Waals surface area contributed by atoms with E-state index in [1.807, 2.05) is 26.0 Å². The Labute approximate surface area is 218 Å². The summed E-state index contributed by atoms with van der Waals surface area (Å²) >= 11 is 0. The summed E-state index contributed by atoms with van der Waals surface area (Å²) in [6.45, 7) is 3.81. The zero-order chi connectivity index (χ0) is 27.7. The third kappa shape index (κ3) is 5.82. The van der Waals surface area contributed by atoms with E-state index in [2.05, 4.69) is 0 Å². The maximum Gasteiger partial charge on any atom is 0.416 e. The summed E-state index contributed by atoms with van der Waals surface area (Å²) in [6.07, 6.45) is -4.51. The summed E-state index contributed by atoms with van der Waals surface area (Å²) in [5.41, 5.74) is 1.25. The lowest BCUT2D eigenvalue weighted by atomic mass is 10.1. The standard InChI is InChI=1S/C27H24F3N3O4S/c1-18-13-19(2)15-23(14-18)37-24-8-3-20(17-31)16-25(24)38(35,36)33-11-9-32(10-12-33)26(34)21-4-6-22(7-5-21)27(28,29)30/h3-8,13-16H,9-12H2,1-2H3. The van der Waals surface area contributed by atoms with Crippen molar-refractivity contribution in [1.29, 1.82) is 5.26 Å². The average molecular weight is 544 g/mol. The fraction of sp³-hybridized carbons (Fsp3) is 0.259. The molecule has 0 aliphatic carbocycles. The number of ether oxygens (including phenoxy) is 1. The number of nitrogens with zero attached hydrogens (tertiary/aromatic N) is 3. The Morgan fingerprint density at radius 2 is 1.53 bits per heavy atom. The van der Waals surface area contributed by atoms with Crippen molar-refractivity contribution in [1.82, 2.24) is 9.21 Å². The topological polar surface area (TPSA) is 90.7 Å². The monoisotopic (exact) mass is 543 g/mol. The van der Waals surface area contributed by atoms with Gasteiger partial charge in [0, 0.05) is 31.7 Å². The van der Waals surface area contributed by atoms with Gasteiger partial charge in [-0.3, -0.25) is 4.79 Å². The number of amides is 1. The van der Waals surface area contributed by atoms with E-state index in [9.17, 15) is 31.6 Å². The highest BCUT2D eigenvalue weighted by atomic mass is 32.2. The minimum absolute atomic E-state index is 0.0333. The number of sulfonamides is 1. The van der Waals surface area contributed by atoms with E-state index >= 15 is 0 Å². The third-order valence-corrected chi connectivity index (χ3v) is 8.02. The van der Waals surface area contributed by atoms with Gasteiger partial charge in [-0.15, -0.1) is 0 Å². The highest BCUT2D eigenvalue weighted by molar-refractivity contribution is 7.89. The number of hydrogen-bond donors (Lipinski definition) is 0. The van der Waals surface area contributed by atoms with Crippen molar-refractivity contribution in [3.05, 3.63) is 88.5 Å². The van der Waals surface area contributed by atoms with Gasteiger partial charge >= 0.3 is 6.18 Å². The molecule has 38 heavy (non-hydrogen) atoms. The van der Waals surface area contributed by atoms with Gasteiger partial charge in [0.2, 0.25) is 10.0 Å². The Morgan fingerprint density at radius 3 is 2.08 bits per heavy atom. The largest absolute Gasteiger partial charge is 0.456 e. The molecule has 1 saturated heterocycles. The Balaban J connectivity index is 1.53. The molecule has 3 aromatic carbocycles. The fourth-order valence-corrected chi connectivity index (χ4v) is 5.80. The Hall–Kier alpha value is -3.88. The van der Waals surface area contributed by atoms with Crippen molar-refractivity contribution in [2.45, 2.75) is 24.9 Å². The molecule has 0 spiro atoms. The van der Waals surface area contributed by atoms with E-state index in [1.165, 1.54) is 27.4 Å². The second kappa shape index (κ2) is 10.5. The molecule has 198 valence electrons. The number of hydrogen-bond acceptors (Lipinski definition) is 5. The molecule has 7 nitrogen and oxygen atoms in total. The number of benzene rings is 3. The van der Waals surface area contributed by atoms with E-state index in [-0.39, 0.29) is 48.0 Å². The van der Waals surface area contributed by atoms with Crippen molar-refractivity contribution in [3.8, 4) is 17.6 Å². The number of aryl methyl sites for hydroxylation is 2. The van der Waals surface area contributed by atoms with Crippen LogP contribution in [-0.2, 0) is 16.2 Å². The van der Waals surface area contributed by atoms with Gasteiger partial charge in [0.15, 0.2) is 0 Å². The highest BCUT2D eigenvalue weighted by Crippen LogP contribution is 2.33. The van der Waals surface area contributed by atoms with Crippen molar-refractivity contribution in [2.75, 3.05) is 26.2 Å². The molecule has 1 amide bonds. The number of piperazine rings is 1. The van der Waals surface area contributed by atoms with Gasteiger partial charge in [-0.1, -0.05) is 6.07 Å². The van der Waals surface area contributed by atoms with Crippen molar-refractivity contribution >= 4 is 15.9 Å². The van der Waals surface area contributed by atoms with Crippen LogP contribution in [0.25, 0.3) is 0 Å². The van der Waals surface area contributed by atoms with Crippen LogP contribution in [0.4, 0.5) is 13.2 Å². The molecule has 0 saturated carbocycles. The predicted octanol–water partition coefficient (Wildman–Crippen LogP) is 5.13. The van der Waals surface area contributed by atoms with Crippen LogP contribution >= 0.6 is 0 Å². The zero-order valence-electron chi connectivity index (χ0n) is 20.6. The molecule has 1 heterocycles. The minimum atomic E-state index is -4.51. The first-order valence-electron chi connectivity index (χ1n) is 11.7. The molecule has 1 fully saturated rings. The second-order valence-electron chi connectivity index (χ2n) is 8.97. The second-order valence-corrected chi connectivity index (χ2v) is 10.9. The smallest absolute Gasteiger partial charge is 0.416 e. The molecule has 0 N–H and O–H groups in total.